The van der Waals surface area contributed by atoms with Crippen molar-refractivity contribution in [3.05, 3.63) is 11.6 Å². The van der Waals surface area contributed by atoms with Crippen molar-refractivity contribution in [3.63, 3.8) is 0 Å². The van der Waals surface area contributed by atoms with E-state index in [9.17, 15) is 5.11 Å². The van der Waals surface area contributed by atoms with Gasteiger partial charge in [-0.2, -0.15) is 5.10 Å². The van der Waals surface area contributed by atoms with Crippen LogP contribution in [0, 0.1) is 6.92 Å². The van der Waals surface area contributed by atoms with E-state index in [2.05, 4.69) is 15.0 Å². The lowest BCUT2D eigenvalue weighted by atomic mass is 9.82. The molecule has 20 heavy (non-hydrogen) atoms. The van der Waals surface area contributed by atoms with Gasteiger partial charge in [-0.3, -0.25) is 9.58 Å². The van der Waals surface area contributed by atoms with Crippen molar-refractivity contribution in [1.82, 2.24) is 19.7 Å². The van der Waals surface area contributed by atoms with E-state index >= 15 is 0 Å². The molecular formula is C14H24N4O2. The van der Waals surface area contributed by atoms with Crippen molar-refractivity contribution in [2.24, 2.45) is 7.05 Å². The summed E-state index contributed by atoms with van der Waals surface area (Å²) in [6.45, 7) is 5.43. The third kappa shape index (κ3) is 2.60. The summed E-state index contributed by atoms with van der Waals surface area (Å²) in [5.74, 6) is 1.82. The molecule has 1 unspecified atom stereocenters. The number of hydrogen-bond donors (Lipinski definition) is 1. The van der Waals surface area contributed by atoms with Crippen LogP contribution >= 0.6 is 0 Å². The second-order valence-electron chi connectivity index (χ2n) is 6.05. The van der Waals surface area contributed by atoms with E-state index in [1.165, 1.54) is 0 Å². The molecule has 2 fully saturated rings. The Hall–Kier alpha value is -0.980. The largest absolute Gasteiger partial charge is 0.390 e. The molecule has 2 saturated heterocycles. The molecule has 1 spiro atoms. The predicted molar refractivity (Wildman–Crippen MR) is 74.2 cm³/mol. The van der Waals surface area contributed by atoms with Crippen LogP contribution in [0.2, 0.25) is 0 Å². The highest BCUT2D eigenvalue weighted by Gasteiger charge is 2.43. The fourth-order valence-electron chi connectivity index (χ4n) is 3.37. The van der Waals surface area contributed by atoms with Crippen LogP contribution in [-0.4, -0.2) is 56.2 Å². The Labute approximate surface area is 119 Å². The molecule has 0 bridgehead atoms. The smallest absolute Gasteiger partial charge is 0.147 e. The fourth-order valence-corrected chi connectivity index (χ4v) is 3.37. The maximum Gasteiger partial charge on any atom is 0.147 e. The van der Waals surface area contributed by atoms with Crippen molar-refractivity contribution in [2.45, 2.75) is 50.9 Å². The first-order chi connectivity index (χ1) is 9.59. The number of hydrogen-bond acceptors (Lipinski definition) is 5. The molecular weight excluding hydrogens is 256 g/mol. The third-order valence-electron chi connectivity index (χ3n) is 4.65. The third-order valence-corrected chi connectivity index (χ3v) is 4.65. The molecule has 1 aromatic heterocycles. The Morgan fingerprint density at radius 2 is 2.15 bits per heavy atom. The summed E-state index contributed by atoms with van der Waals surface area (Å²) in [6, 6.07) is 0. The van der Waals surface area contributed by atoms with Gasteiger partial charge >= 0.3 is 0 Å². The lowest BCUT2D eigenvalue weighted by Crippen LogP contribution is -2.55. The highest BCUT2D eigenvalue weighted by molar-refractivity contribution is 4.97. The number of piperidine rings is 1. The minimum Gasteiger partial charge on any atom is -0.390 e. The van der Waals surface area contributed by atoms with Gasteiger partial charge in [0.15, 0.2) is 0 Å². The maximum absolute atomic E-state index is 10.2. The number of likely N-dealkylation sites (tertiary alicyclic amines) is 1. The summed E-state index contributed by atoms with van der Waals surface area (Å²) >= 11 is 0. The van der Waals surface area contributed by atoms with Crippen LogP contribution in [0.25, 0.3) is 0 Å². The summed E-state index contributed by atoms with van der Waals surface area (Å²) in [5.41, 5.74) is -0.287. The summed E-state index contributed by atoms with van der Waals surface area (Å²) in [5, 5.41) is 14.5. The normalized spacial score (nSPS) is 27.1. The van der Waals surface area contributed by atoms with Gasteiger partial charge in [0.1, 0.15) is 11.6 Å². The number of aliphatic hydroxyl groups is 1. The zero-order chi connectivity index (χ0) is 14.2. The second kappa shape index (κ2) is 5.42. The number of ether oxygens (including phenoxy) is 1. The van der Waals surface area contributed by atoms with Crippen molar-refractivity contribution < 1.29 is 9.84 Å². The van der Waals surface area contributed by atoms with Crippen LogP contribution in [-0.2, 0) is 18.3 Å². The fraction of sp³-hybridized carbons (Fsp3) is 0.857. The summed E-state index contributed by atoms with van der Waals surface area (Å²) in [6.07, 6.45) is 3.37. The van der Waals surface area contributed by atoms with E-state index in [1.54, 1.807) is 0 Å². The molecule has 1 atom stereocenters. The quantitative estimate of drug-likeness (QED) is 0.861. The van der Waals surface area contributed by atoms with Gasteiger partial charge in [-0.15, -0.1) is 0 Å². The monoisotopic (exact) mass is 280 g/mol. The average Bonchev–Trinajstić information content (AvgIpc) is 2.74. The molecule has 3 rings (SSSR count). The van der Waals surface area contributed by atoms with E-state index in [-0.39, 0.29) is 11.7 Å². The Morgan fingerprint density at radius 3 is 2.75 bits per heavy atom. The Morgan fingerprint density at radius 1 is 1.40 bits per heavy atom. The summed E-state index contributed by atoms with van der Waals surface area (Å²) < 4.78 is 7.79. The first kappa shape index (κ1) is 14.0. The number of aliphatic hydroxyl groups excluding tert-OH is 1. The second-order valence-corrected chi connectivity index (χ2v) is 6.05. The predicted octanol–water partition coefficient (Wildman–Crippen LogP) is 0.629. The van der Waals surface area contributed by atoms with Crippen LogP contribution in [0.15, 0.2) is 0 Å². The van der Waals surface area contributed by atoms with E-state index in [0.29, 0.717) is 0 Å². The molecule has 112 valence electrons. The molecule has 3 heterocycles. The number of aryl methyl sites for hydroxylation is 2. The van der Waals surface area contributed by atoms with Gasteiger partial charge in [0.25, 0.3) is 0 Å². The van der Waals surface area contributed by atoms with E-state index in [0.717, 1.165) is 63.6 Å². The Kier molecular flexibility index (Phi) is 3.79. The van der Waals surface area contributed by atoms with E-state index in [4.69, 9.17) is 4.74 Å². The highest BCUT2D eigenvalue weighted by atomic mass is 16.5. The molecule has 2 aliphatic rings. The Balaban J connectivity index is 1.60. The van der Waals surface area contributed by atoms with Crippen molar-refractivity contribution >= 4 is 0 Å². The zero-order valence-electron chi connectivity index (χ0n) is 12.4. The molecule has 0 radical (unpaired) electrons. The van der Waals surface area contributed by atoms with Crippen LogP contribution in [0.3, 0.4) is 0 Å². The molecule has 2 aliphatic heterocycles. The van der Waals surface area contributed by atoms with Crippen LogP contribution in [0.5, 0.6) is 0 Å². The molecule has 0 saturated carbocycles. The van der Waals surface area contributed by atoms with Gasteiger partial charge in [-0.05, 0) is 32.6 Å². The standard InChI is InChI=1S/C14H24N4O2/c1-11-15-13(17(2)16-11)10-18-7-5-14(6-8-18)12(19)4-3-9-20-14/h12,19H,3-10H2,1-2H3. The van der Waals surface area contributed by atoms with E-state index < -0.39 is 0 Å². The topological polar surface area (TPSA) is 63.4 Å². The minimum atomic E-state index is -0.296. The van der Waals surface area contributed by atoms with Crippen molar-refractivity contribution in [3.8, 4) is 0 Å². The van der Waals surface area contributed by atoms with Gasteiger partial charge in [0.2, 0.25) is 0 Å². The molecule has 0 amide bonds. The summed E-state index contributed by atoms with van der Waals surface area (Å²) in [4.78, 5) is 6.83. The molecule has 6 nitrogen and oxygen atoms in total. The Bertz CT molecular complexity index is 466. The molecule has 0 aliphatic carbocycles. The van der Waals surface area contributed by atoms with Gasteiger partial charge in [0, 0.05) is 26.7 Å². The average molecular weight is 280 g/mol. The molecule has 1 N–H and O–H groups in total. The molecule has 1 aromatic rings. The number of nitrogens with zero attached hydrogens (tertiary/aromatic N) is 4. The number of rotatable bonds is 2. The first-order valence-corrected chi connectivity index (χ1v) is 7.50. The van der Waals surface area contributed by atoms with Gasteiger partial charge in [-0.1, -0.05) is 0 Å². The lowest BCUT2D eigenvalue weighted by molar-refractivity contribution is -0.177. The zero-order valence-corrected chi connectivity index (χ0v) is 12.4. The van der Waals surface area contributed by atoms with E-state index in [1.807, 2.05) is 18.7 Å². The van der Waals surface area contributed by atoms with Gasteiger partial charge in [0.05, 0.1) is 18.2 Å². The molecule has 0 aromatic carbocycles. The SMILES string of the molecule is Cc1nc(CN2CCC3(CC2)OCCCC3O)n(C)n1. The maximum atomic E-state index is 10.2. The van der Waals surface area contributed by atoms with Gasteiger partial charge in [-0.25, -0.2) is 4.98 Å². The minimum absolute atomic E-state index is 0.287. The van der Waals surface area contributed by atoms with Gasteiger partial charge < -0.3 is 9.84 Å². The molecule has 6 heteroatoms. The summed E-state index contributed by atoms with van der Waals surface area (Å²) in [7, 11) is 1.94. The van der Waals surface area contributed by atoms with Crippen LogP contribution in [0.1, 0.15) is 37.3 Å². The van der Waals surface area contributed by atoms with Crippen LogP contribution < -0.4 is 0 Å². The van der Waals surface area contributed by atoms with Crippen LogP contribution in [0.4, 0.5) is 0 Å². The van der Waals surface area contributed by atoms with Crippen molar-refractivity contribution in [2.75, 3.05) is 19.7 Å². The number of aromatic nitrogens is 3. The first-order valence-electron chi connectivity index (χ1n) is 7.50. The highest BCUT2D eigenvalue weighted by Crippen LogP contribution is 2.35. The lowest BCUT2D eigenvalue weighted by Gasteiger charge is -2.46. The van der Waals surface area contributed by atoms with Crippen molar-refractivity contribution in [1.29, 1.82) is 0 Å².